The summed E-state index contributed by atoms with van der Waals surface area (Å²) >= 11 is 0. The Hall–Kier alpha value is -1.35. The van der Waals surface area contributed by atoms with Gasteiger partial charge in [0, 0.05) is 19.0 Å². The predicted molar refractivity (Wildman–Crippen MR) is 86.8 cm³/mol. The molecule has 0 spiro atoms. The highest BCUT2D eigenvalue weighted by molar-refractivity contribution is 5.78. The molecule has 0 saturated heterocycles. The van der Waals surface area contributed by atoms with E-state index in [0.717, 1.165) is 19.4 Å². The number of nitrogens with zero attached hydrogens (tertiary/aromatic N) is 1. The second-order valence-corrected chi connectivity index (χ2v) is 6.74. The van der Waals surface area contributed by atoms with E-state index in [1.165, 1.54) is 24.0 Å². The zero-order valence-corrected chi connectivity index (χ0v) is 13.6. The molecule has 0 radical (unpaired) electrons. The van der Waals surface area contributed by atoms with Gasteiger partial charge in [-0.25, -0.2) is 0 Å². The Morgan fingerprint density at radius 3 is 2.48 bits per heavy atom. The fraction of sp³-hybridized carbons (Fsp3) is 0.611. The summed E-state index contributed by atoms with van der Waals surface area (Å²) in [5.41, 5.74) is 2.48. The van der Waals surface area contributed by atoms with Crippen molar-refractivity contribution in [2.24, 2.45) is 11.8 Å². The number of nitrogens with one attached hydrogen (secondary N) is 1. The lowest BCUT2D eigenvalue weighted by Gasteiger charge is -2.25. The number of carbonyl (C=O) groups is 1. The fourth-order valence-electron chi connectivity index (χ4n) is 3.13. The van der Waals surface area contributed by atoms with Crippen LogP contribution in [0, 0.1) is 11.8 Å². The summed E-state index contributed by atoms with van der Waals surface area (Å²) in [5, 5.41) is 3.10. The minimum atomic E-state index is 0.224. The van der Waals surface area contributed by atoms with E-state index in [1.807, 2.05) is 0 Å². The largest absolute Gasteiger partial charge is 0.352 e. The lowest BCUT2D eigenvalue weighted by atomic mass is 9.82. The van der Waals surface area contributed by atoms with Crippen molar-refractivity contribution in [3.8, 4) is 0 Å². The third-order valence-corrected chi connectivity index (χ3v) is 4.30. The van der Waals surface area contributed by atoms with Crippen LogP contribution >= 0.6 is 0 Å². The molecule has 1 amide bonds. The van der Waals surface area contributed by atoms with Gasteiger partial charge >= 0.3 is 0 Å². The third kappa shape index (κ3) is 5.16. The molecule has 0 aliphatic heterocycles. The van der Waals surface area contributed by atoms with Gasteiger partial charge in [0.15, 0.2) is 0 Å². The average molecular weight is 288 g/mol. The molecule has 3 heteroatoms. The van der Waals surface area contributed by atoms with E-state index in [1.54, 1.807) is 0 Å². The molecule has 2 atom stereocenters. The minimum Gasteiger partial charge on any atom is -0.352 e. The van der Waals surface area contributed by atoms with Crippen LogP contribution < -0.4 is 5.32 Å². The molecule has 0 unspecified atom stereocenters. The van der Waals surface area contributed by atoms with Crippen molar-refractivity contribution in [2.75, 3.05) is 14.1 Å². The SMILES string of the molecule is C[C@@H]1CCC[C@H](C(=O)NCc2ccc(CN(C)C)cc2)C1. The van der Waals surface area contributed by atoms with Gasteiger partial charge < -0.3 is 10.2 Å². The molecule has 116 valence electrons. The Bertz CT molecular complexity index is 453. The molecule has 0 aromatic heterocycles. The number of hydrogen-bond acceptors (Lipinski definition) is 2. The first kappa shape index (κ1) is 16.0. The van der Waals surface area contributed by atoms with Crippen LogP contribution in [0.5, 0.6) is 0 Å². The van der Waals surface area contributed by atoms with Gasteiger partial charge in [0.2, 0.25) is 5.91 Å². The summed E-state index contributed by atoms with van der Waals surface area (Å²) < 4.78 is 0. The summed E-state index contributed by atoms with van der Waals surface area (Å²) in [6.07, 6.45) is 4.57. The maximum atomic E-state index is 12.2. The number of hydrogen-bond donors (Lipinski definition) is 1. The van der Waals surface area contributed by atoms with Crippen LogP contribution in [0.1, 0.15) is 43.7 Å². The van der Waals surface area contributed by atoms with Gasteiger partial charge in [-0.2, -0.15) is 0 Å². The van der Waals surface area contributed by atoms with Crippen molar-refractivity contribution >= 4 is 5.91 Å². The molecular formula is C18H28N2O. The molecule has 21 heavy (non-hydrogen) atoms. The van der Waals surface area contributed by atoms with Crippen molar-refractivity contribution in [1.29, 1.82) is 0 Å². The van der Waals surface area contributed by atoms with Crippen LogP contribution in [0.2, 0.25) is 0 Å². The molecule has 1 saturated carbocycles. The lowest BCUT2D eigenvalue weighted by molar-refractivity contribution is -0.126. The zero-order valence-electron chi connectivity index (χ0n) is 13.6. The van der Waals surface area contributed by atoms with Crippen molar-refractivity contribution in [3.63, 3.8) is 0 Å². The van der Waals surface area contributed by atoms with E-state index in [4.69, 9.17) is 0 Å². The molecule has 3 nitrogen and oxygen atoms in total. The Labute approximate surface area is 128 Å². The van der Waals surface area contributed by atoms with Crippen LogP contribution in [-0.4, -0.2) is 24.9 Å². The lowest BCUT2D eigenvalue weighted by Crippen LogP contribution is -2.33. The highest BCUT2D eigenvalue weighted by atomic mass is 16.1. The summed E-state index contributed by atoms with van der Waals surface area (Å²) in [7, 11) is 4.14. The molecular weight excluding hydrogens is 260 g/mol. The zero-order chi connectivity index (χ0) is 15.2. The summed E-state index contributed by atoms with van der Waals surface area (Å²) in [4.78, 5) is 14.4. The average Bonchev–Trinajstić information content (AvgIpc) is 2.45. The van der Waals surface area contributed by atoms with Gasteiger partial charge in [0.1, 0.15) is 0 Å². The summed E-state index contributed by atoms with van der Waals surface area (Å²) in [5.74, 6) is 1.15. The smallest absolute Gasteiger partial charge is 0.223 e. The second kappa shape index (κ2) is 7.60. The molecule has 1 aliphatic rings. The quantitative estimate of drug-likeness (QED) is 0.902. The highest BCUT2D eigenvalue weighted by Crippen LogP contribution is 2.28. The van der Waals surface area contributed by atoms with E-state index >= 15 is 0 Å². The van der Waals surface area contributed by atoms with Crippen LogP contribution in [-0.2, 0) is 17.9 Å². The van der Waals surface area contributed by atoms with Crippen molar-refractivity contribution in [3.05, 3.63) is 35.4 Å². The van der Waals surface area contributed by atoms with E-state index in [9.17, 15) is 4.79 Å². The van der Waals surface area contributed by atoms with Crippen molar-refractivity contribution in [1.82, 2.24) is 10.2 Å². The van der Waals surface area contributed by atoms with Crippen LogP contribution in [0.25, 0.3) is 0 Å². The Balaban J connectivity index is 1.80. The van der Waals surface area contributed by atoms with Gasteiger partial charge in [-0.15, -0.1) is 0 Å². The van der Waals surface area contributed by atoms with Crippen LogP contribution in [0.4, 0.5) is 0 Å². The van der Waals surface area contributed by atoms with Gasteiger partial charge in [-0.05, 0) is 44.0 Å². The number of benzene rings is 1. The first-order valence-corrected chi connectivity index (χ1v) is 8.05. The summed E-state index contributed by atoms with van der Waals surface area (Å²) in [6, 6.07) is 8.51. The molecule has 2 rings (SSSR count). The molecule has 1 aliphatic carbocycles. The number of amides is 1. The topological polar surface area (TPSA) is 32.3 Å². The molecule has 1 aromatic rings. The molecule has 1 N–H and O–H groups in total. The van der Waals surface area contributed by atoms with E-state index < -0.39 is 0 Å². The number of carbonyl (C=O) groups excluding carboxylic acids is 1. The van der Waals surface area contributed by atoms with Gasteiger partial charge in [-0.1, -0.05) is 44.0 Å². The maximum Gasteiger partial charge on any atom is 0.223 e. The molecule has 0 bridgehead atoms. The highest BCUT2D eigenvalue weighted by Gasteiger charge is 2.24. The number of rotatable bonds is 5. The Kier molecular flexibility index (Phi) is 5.80. The first-order valence-electron chi connectivity index (χ1n) is 8.05. The maximum absolute atomic E-state index is 12.2. The van der Waals surface area contributed by atoms with E-state index in [0.29, 0.717) is 12.5 Å². The van der Waals surface area contributed by atoms with Gasteiger partial charge in [0.25, 0.3) is 0 Å². The Morgan fingerprint density at radius 1 is 1.19 bits per heavy atom. The van der Waals surface area contributed by atoms with Crippen molar-refractivity contribution < 1.29 is 4.79 Å². The van der Waals surface area contributed by atoms with E-state index in [2.05, 4.69) is 55.5 Å². The molecule has 1 fully saturated rings. The fourth-order valence-corrected chi connectivity index (χ4v) is 3.13. The minimum absolute atomic E-state index is 0.224. The predicted octanol–water partition coefficient (Wildman–Crippen LogP) is 3.19. The second-order valence-electron chi connectivity index (χ2n) is 6.74. The first-order chi connectivity index (χ1) is 10.0. The summed E-state index contributed by atoms with van der Waals surface area (Å²) in [6.45, 7) is 3.85. The standard InChI is InChI=1S/C18H28N2O/c1-14-5-4-6-17(11-14)18(21)19-12-15-7-9-16(10-8-15)13-20(2)3/h7-10,14,17H,4-6,11-13H2,1-3H3,(H,19,21)/t14-,17+/m1/s1. The van der Waals surface area contributed by atoms with Crippen LogP contribution in [0.15, 0.2) is 24.3 Å². The third-order valence-electron chi connectivity index (χ3n) is 4.30. The Morgan fingerprint density at radius 2 is 1.86 bits per heavy atom. The van der Waals surface area contributed by atoms with E-state index in [-0.39, 0.29) is 11.8 Å². The normalized spacial score (nSPS) is 22.3. The van der Waals surface area contributed by atoms with Gasteiger partial charge in [0.05, 0.1) is 0 Å². The molecule has 1 aromatic carbocycles. The van der Waals surface area contributed by atoms with Crippen LogP contribution in [0.3, 0.4) is 0 Å². The molecule has 0 heterocycles. The van der Waals surface area contributed by atoms with Gasteiger partial charge in [-0.3, -0.25) is 4.79 Å². The van der Waals surface area contributed by atoms with Crippen molar-refractivity contribution in [2.45, 2.75) is 45.7 Å². The monoisotopic (exact) mass is 288 g/mol.